The van der Waals surface area contributed by atoms with Crippen LogP contribution in [0.2, 0.25) is 15.1 Å². The number of ether oxygens (including phenoxy) is 2. The Kier molecular flexibility index (Phi) is 8.03. The van der Waals surface area contributed by atoms with E-state index >= 15 is 0 Å². The summed E-state index contributed by atoms with van der Waals surface area (Å²) in [7, 11) is 0. The average molecular weight is 432 g/mol. The molecule has 144 valence electrons. The molecule has 9 heteroatoms. The van der Waals surface area contributed by atoms with E-state index in [0.717, 1.165) is 0 Å². The van der Waals surface area contributed by atoms with Crippen molar-refractivity contribution in [1.82, 2.24) is 5.32 Å². The quantitative estimate of drug-likeness (QED) is 0.619. The average Bonchev–Trinajstić information content (AvgIpc) is 2.62. The molecule has 0 aliphatic rings. The van der Waals surface area contributed by atoms with Gasteiger partial charge in [-0.05, 0) is 49.4 Å². The maximum absolute atomic E-state index is 12.0. The summed E-state index contributed by atoms with van der Waals surface area (Å²) in [6.07, 6.45) is -1.42. The fourth-order valence-corrected chi connectivity index (χ4v) is 2.54. The molecule has 27 heavy (non-hydrogen) atoms. The number of halogens is 3. The molecular weight excluding hydrogens is 415 g/mol. The highest BCUT2D eigenvalue weighted by Gasteiger charge is 2.16. The van der Waals surface area contributed by atoms with Crippen LogP contribution < -0.4 is 15.4 Å². The summed E-state index contributed by atoms with van der Waals surface area (Å²) in [5, 5.41) is 6.49. The summed E-state index contributed by atoms with van der Waals surface area (Å²) in [5.41, 5.74) is 0.551. The lowest BCUT2D eigenvalue weighted by atomic mass is 10.3. The van der Waals surface area contributed by atoms with Gasteiger partial charge in [0.25, 0.3) is 5.91 Å². The van der Waals surface area contributed by atoms with Crippen molar-refractivity contribution in [1.29, 1.82) is 0 Å². The van der Waals surface area contributed by atoms with Crippen LogP contribution in [0.15, 0.2) is 42.5 Å². The molecular formula is C18H17Cl3N2O4. The lowest BCUT2D eigenvalue weighted by Gasteiger charge is -2.15. The van der Waals surface area contributed by atoms with Gasteiger partial charge in [-0.1, -0.05) is 34.8 Å². The minimum absolute atomic E-state index is 0.000413. The lowest BCUT2D eigenvalue weighted by Crippen LogP contribution is -2.38. The zero-order chi connectivity index (χ0) is 19.8. The van der Waals surface area contributed by atoms with Crippen molar-refractivity contribution < 1.29 is 19.1 Å². The highest BCUT2D eigenvalue weighted by molar-refractivity contribution is 6.35. The van der Waals surface area contributed by atoms with Gasteiger partial charge in [-0.25, -0.2) is 4.79 Å². The Hall–Kier alpha value is -2.15. The smallest absolute Gasteiger partial charge is 0.411 e. The molecule has 0 unspecified atom stereocenters. The van der Waals surface area contributed by atoms with Crippen LogP contribution in [0.4, 0.5) is 10.5 Å². The molecule has 0 heterocycles. The predicted octanol–water partition coefficient (Wildman–Crippen LogP) is 4.78. The van der Waals surface area contributed by atoms with Crippen LogP contribution in [0.25, 0.3) is 0 Å². The fraction of sp³-hybridized carbons (Fsp3) is 0.222. The molecule has 6 nitrogen and oxygen atoms in total. The van der Waals surface area contributed by atoms with Crippen molar-refractivity contribution in [3.05, 3.63) is 57.5 Å². The minimum Gasteiger partial charge on any atom is -0.479 e. The van der Waals surface area contributed by atoms with Crippen molar-refractivity contribution in [2.45, 2.75) is 13.0 Å². The van der Waals surface area contributed by atoms with E-state index < -0.39 is 12.2 Å². The van der Waals surface area contributed by atoms with Crippen molar-refractivity contribution in [2.75, 3.05) is 18.5 Å². The van der Waals surface area contributed by atoms with E-state index in [0.29, 0.717) is 26.5 Å². The van der Waals surface area contributed by atoms with Gasteiger partial charge >= 0.3 is 6.09 Å². The van der Waals surface area contributed by atoms with E-state index in [2.05, 4.69) is 10.6 Å². The molecule has 0 aliphatic heterocycles. The van der Waals surface area contributed by atoms with Gasteiger partial charge < -0.3 is 14.8 Å². The Balaban J connectivity index is 1.68. The predicted molar refractivity (Wildman–Crippen MR) is 106 cm³/mol. The van der Waals surface area contributed by atoms with Gasteiger partial charge in [-0.15, -0.1) is 0 Å². The molecule has 2 aromatic carbocycles. The molecule has 2 rings (SSSR count). The number of benzene rings is 2. The maximum Gasteiger partial charge on any atom is 0.411 e. The van der Waals surface area contributed by atoms with Crippen LogP contribution in [0.5, 0.6) is 5.75 Å². The van der Waals surface area contributed by atoms with Crippen molar-refractivity contribution in [2.24, 2.45) is 0 Å². The summed E-state index contributed by atoms with van der Waals surface area (Å²) in [6, 6.07) is 11.3. The van der Waals surface area contributed by atoms with Crippen molar-refractivity contribution >= 4 is 52.5 Å². The van der Waals surface area contributed by atoms with Gasteiger partial charge in [-0.3, -0.25) is 10.1 Å². The first-order chi connectivity index (χ1) is 12.8. The second-order valence-electron chi connectivity index (χ2n) is 5.39. The summed E-state index contributed by atoms with van der Waals surface area (Å²) < 4.78 is 10.5. The van der Waals surface area contributed by atoms with Crippen LogP contribution in [0, 0.1) is 0 Å². The Morgan fingerprint density at radius 1 is 1.04 bits per heavy atom. The number of hydrogen-bond donors (Lipinski definition) is 2. The third-order valence-corrected chi connectivity index (χ3v) is 4.07. The Morgan fingerprint density at radius 3 is 2.37 bits per heavy atom. The third-order valence-electron chi connectivity index (χ3n) is 3.29. The van der Waals surface area contributed by atoms with Crippen LogP contribution in [0.1, 0.15) is 6.92 Å². The van der Waals surface area contributed by atoms with Crippen LogP contribution >= 0.6 is 34.8 Å². The van der Waals surface area contributed by atoms with Gasteiger partial charge in [0.2, 0.25) is 0 Å². The minimum atomic E-state index is -0.786. The molecule has 0 aromatic heterocycles. The van der Waals surface area contributed by atoms with Gasteiger partial charge in [0.15, 0.2) is 6.10 Å². The number of nitrogens with one attached hydrogen (secondary N) is 2. The zero-order valence-corrected chi connectivity index (χ0v) is 16.6. The van der Waals surface area contributed by atoms with Gasteiger partial charge in [0.05, 0.1) is 11.6 Å². The second kappa shape index (κ2) is 10.3. The van der Waals surface area contributed by atoms with E-state index in [9.17, 15) is 9.59 Å². The number of carbonyl (C=O) groups is 2. The van der Waals surface area contributed by atoms with Gasteiger partial charge in [0.1, 0.15) is 12.4 Å². The molecule has 2 amide bonds. The number of carbonyl (C=O) groups excluding carboxylic acids is 2. The summed E-state index contributed by atoms with van der Waals surface area (Å²) in [4.78, 5) is 23.7. The van der Waals surface area contributed by atoms with Gasteiger partial charge in [-0.2, -0.15) is 0 Å². The Labute approximate surface area is 171 Å². The molecule has 0 saturated heterocycles. The van der Waals surface area contributed by atoms with E-state index in [4.69, 9.17) is 44.3 Å². The molecule has 0 spiro atoms. The highest BCUT2D eigenvalue weighted by atomic mass is 35.5. The third kappa shape index (κ3) is 7.17. The van der Waals surface area contributed by atoms with Crippen molar-refractivity contribution in [3.63, 3.8) is 0 Å². The first-order valence-electron chi connectivity index (χ1n) is 7.94. The molecule has 0 fully saturated rings. The van der Waals surface area contributed by atoms with E-state index in [1.165, 1.54) is 6.07 Å². The number of anilines is 1. The maximum atomic E-state index is 12.0. The fourth-order valence-electron chi connectivity index (χ4n) is 1.96. The first-order valence-corrected chi connectivity index (χ1v) is 9.07. The first kappa shape index (κ1) is 21.2. The molecule has 0 aliphatic carbocycles. The molecule has 0 radical (unpaired) electrons. The molecule has 2 aromatic rings. The SMILES string of the molecule is C[C@@H](Oc1ccc(Cl)cc1Cl)C(=O)NCCOC(=O)Nc1ccc(Cl)cc1. The summed E-state index contributed by atoms with van der Waals surface area (Å²) >= 11 is 17.6. The van der Waals surface area contributed by atoms with Crippen LogP contribution in [-0.4, -0.2) is 31.3 Å². The molecule has 1 atom stereocenters. The van der Waals surface area contributed by atoms with Gasteiger partial charge in [0, 0.05) is 15.7 Å². The normalized spacial score (nSPS) is 11.4. The molecule has 0 saturated carbocycles. The topological polar surface area (TPSA) is 76.7 Å². The highest BCUT2D eigenvalue weighted by Crippen LogP contribution is 2.28. The summed E-state index contributed by atoms with van der Waals surface area (Å²) in [6.45, 7) is 1.71. The van der Waals surface area contributed by atoms with Crippen LogP contribution in [-0.2, 0) is 9.53 Å². The van der Waals surface area contributed by atoms with E-state index in [-0.39, 0.29) is 19.1 Å². The van der Waals surface area contributed by atoms with E-state index in [1.54, 1.807) is 43.3 Å². The number of amides is 2. The zero-order valence-electron chi connectivity index (χ0n) is 14.3. The lowest BCUT2D eigenvalue weighted by molar-refractivity contribution is -0.127. The summed E-state index contributed by atoms with van der Waals surface area (Å²) in [5.74, 6) is -0.0231. The van der Waals surface area contributed by atoms with E-state index in [1.807, 2.05) is 0 Å². The van der Waals surface area contributed by atoms with Crippen LogP contribution in [0.3, 0.4) is 0 Å². The Bertz CT molecular complexity index is 800. The van der Waals surface area contributed by atoms with Crippen molar-refractivity contribution in [3.8, 4) is 5.75 Å². The second-order valence-corrected chi connectivity index (χ2v) is 6.67. The number of hydrogen-bond acceptors (Lipinski definition) is 4. The molecule has 0 bridgehead atoms. The number of rotatable bonds is 7. The largest absolute Gasteiger partial charge is 0.479 e. The standard InChI is InChI=1S/C18H17Cl3N2O4/c1-11(27-16-7-4-13(20)10-15(16)21)17(24)22-8-9-26-18(25)23-14-5-2-12(19)3-6-14/h2-7,10-11H,8-9H2,1H3,(H,22,24)(H,23,25)/t11-/m1/s1. The molecule has 2 N–H and O–H groups in total. The Morgan fingerprint density at radius 2 is 1.70 bits per heavy atom. The monoisotopic (exact) mass is 430 g/mol.